The van der Waals surface area contributed by atoms with Gasteiger partial charge in [0.2, 0.25) is 0 Å². The van der Waals surface area contributed by atoms with Gasteiger partial charge in [-0.05, 0) is 53.6 Å². The number of hydrogen-bond donors (Lipinski definition) is 0. The van der Waals surface area contributed by atoms with Crippen molar-refractivity contribution in [2.75, 3.05) is 24.8 Å². The summed E-state index contributed by atoms with van der Waals surface area (Å²) in [6.45, 7) is 14.5. The first kappa shape index (κ1) is 26.1. The van der Waals surface area contributed by atoms with Gasteiger partial charge in [-0.1, -0.05) is 67.0 Å². The monoisotopic (exact) mass is 409 g/mol. The highest BCUT2D eigenvalue weighted by atomic mass is 33.1. The van der Waals surface area contributed by atoms with Crippen molar-refractivity contribution in [1.29, 1.82) is 0 Å². The molecule has 0 heterocycles. The molecule has 0 amide bonds. The van der Waals surface area contributed by atoms with Gasteiger partial charge in [0.25, 0.3) is 0 Å². The van der Waals surface area contributed by atoms with Crippen LogP contribution in [-0.4, -0.2) is 41.5 Å². The fourth-order valence-corrected chi connectivity index (χ4v) is 7.13. The quantitative estimate of drug-likeness (QED) is 0.129. The number of hydrogen-bond acceptors (Lipinski definition) is 4. The highest BCUT2D eigenvalue weighted by Crippen LogP contribution is 2.41. The van der Waals surface area contributed by atoms with Crippen molar-refractivity contribution in [3.8, 4) is 0 Å². The van der Waals surface area contributed by atoms with Crippen LogP contribution in [0.1, 0.15) is 92.4 Å². The molecule has 0 rings (SSSR count). The smallest absolute Gasteiger partial charge is 0.101 e. The van der Waals surface area contributed by atoms with E-state index < -0.39 is 8.30 Å². The van der Waals surface area contributed by atoms with E-state index in [1.54, 1.807) is 0 Å². The number of rotatable bonds is 18. The molecule has 152 valence electrons. The van der Waals surface area contributed by atoms with Crippen molar-refractivity contribution in [1.82, 2.24) is 4.67 Å². The Morgan fingerprint density at radius 1 is 0.760 bits per heavy atom. The largest absolute Gasteiger partial charge is 0.344 e. The topological polar surface area (TPSA) is 12.5 Å². The van der Waals surface area contributed by atoms with E-state index in [1.165, 1.54) is 69.3 Å². The maximum absolute atomic E-state index is 6.11. The summed E-state index contributed by atoms with van der Waals surface area (Å²) in [5, 5.41) is 0. The first-order valence-electron chi connectivity index (χ1n) is 10.4. The molecule has 0 aliphatic rings. The molecule has 0 fully saturated rings. The molecule has 1 atom stereocenters. The molecule has 0 N–H and O–H groups in total. The van der Waals surface area contributed by atoms with Crippen LogP contribution >= 0.6 is 29.9 Å². The van der Waals surface area contributed by atoms with Gasteiger partial charge in [-0.15, -0.1) is 0 Å². The zero-order valence-electron chi connectivity index (χ0n) is 17.8. The van der Waals surface area contributed by atoms with Gasteiger partial charge in [-0.2, -0.15) is 0 Å². The first-order chi connectivity index (χ1) is 12.0. The summed E-state index contributed by atoms with van der Waals surface area (Å²) in [6.07, 6.45) is 12.3. The molecule has 0 saturated heterocycles. The Hall–Kier alpha value is 1.05. The van der Waals surface area contributed by atoms with Gasteiger partial charge in [-0.25, -0.2) is 0 Å². The molecule has 0 saturated carbocycles. The minimum absolute atomic E-state index is 0.438. The van der Waals surface area contributed by atoms with Crippen LogP contribution in [0.5, 0.6) is 0 Å². The van der Waals surface area contributed by atoms with Gasteiger partial charge in [0, 0.05) is 23.6 Å². The molecule has 0 aromatic carbocycles. The summed E-state index contributed by atoms with van der Waals surface area (Å²) >= 11 is 0. The second-order valence-electron chi connectivity index (χ2n) is 7.34. The highest BCUT2D eigenvalue weighted by Gasteiger charge is 2.20. The third-order valence-corrected chi connectivity index (χ3v) is 8.91. The average molecular weight is 410 g/mol. The van der Waals surface area contributed by atoms with Crippen molar-refractivity contribution in [3.63, 3.8) is 0 Å². The van der Waals surface area contributed by atoms with E-state index in [4.69, 9.17) is 4.52 Å². The molecule has 0 bridgehead atoms. The molecular weight excluding hydrogens is 365 g/mol. The normalized spacial score (nSPS) is 13.3. The Kier molecular flexibility index (Phi) is 19.2. The van der Waals surface area contributed by atoms with Crippen LogP contribution in [0, 0.1) is 0 Å². The first-order valence-corrected chi connectivity index (χ1v) is 14.5. The van der Waals surface area contributed by atoms with E-state index in [0.29, 0.717) is 12.1 Å². The lowest BCUT2D eigenvalue weighted by molar-refractivity contribution is 0.252. The van der Waals surface area contributed by atoms with Crippen LogP contribution in [0.2, 0.25) is 0 Å². The van der Waals surface area contributed by atoms with Crippen LogP contribution in [0.3, 0.4) is 0 Å². The second-order valence-corrected chi connectivity index (χ2v) is 11.7. The Morgan fingerprint density at radius 3 is 1.72 bits per heavy atom. The molecule has 0 aromatic rings. The number of nitrogens with zero attached hydrogens (tertiary/aromatic N) is 1. The molecular formula is C20H44NOPS2. The molecule has 2 nitrogen and oxygen atoms in total. The summed E-state index contributed by atoms with van der Waals surface area (Å²) in [6, 6.07) is 1.13. The van der Waals surface area contributed by atoms with Gasteiger partial charge < -0.3 is 4.52 Å². The molecule has 0 aliphatic heterocycles. The molecule has 1 unspecified atom stereocenters. The van der Waals surface area contributed by atoms with Crippen LogP contribution in [0.4, 0.5) is 0 Å². The van der Waals surface area contributed by atoms with E-state index in [-0.39, 0.29) is 0 Å². The highest BCUT2D eigenvalue weighted by molar-refractivity contribution is 8.76. The summed E-state index contributed by atoms with van der Waals surface area (Å²) < 4.78 is 8.61. The summed E-state index contributed by atoms with van der Waals surface area (Å²) in [5.74, 6) is 2.65. The summed E-state index contributed by atoms with van der Waals surface area (Å²) in [5.41, 5.74) is 0. The van der Waals surface area contributed by atoms with E-state index in [2.05, 4.69) is 67.5 Å². The van der Waals surface area contributed by atoms with Crippen molar-refractivity contribution >= 4 is 29.9 Å². The Balaban J connectivity index is 3.36. The minimum Gasteiger partial charge on any atom is -0.344 e. The second kappa shape index (κ2) is 18.4. The molecule has 0 radical (unpaired) electrons. The summed E-state index contributed by atoms with van der Waals surface area (Å²) in [7, 11) is 3.72. The lowest BCUT2D eigenvalue weighted by Crippen LogP contribution is -2.32. The van der Waals surface area contributed by atoms with Crippen LogP contribution in [0.25, 0.3) is 0 Å². The fourth-order valence-electron chi connectivity index (χ4n) is 3.01. The van der Waals surface area contributed by atoms with Gasteiger partial charge in [0.15, 0.2) is 0 Å². The SMILES string of the molecule is CCCCCCCSSCCCCCCOP(C)N(C(C)C)C(C)C. The maximum Gasteiger partial charge on any atom is 0.101 e. The molecule has 5 heteroatoms. The van der Waals surface area contributed by atoms with Crippen molar-refractivity contribution < 1.29 is 4.52 Å². The standard InChI is InChI=1S/C20H44NOPS2/c1-7-8-9-11-14-17-24-25-18-15-12-10-13-16-22-23(6)21(19(2)3)20(4)5/h19-20H,7-18H2,1-6H3. The predicted molar refractivity (Wildman–Crippen MR) is 123 cm³/mol. The summed E-state index contributed by atoms with van der Waals surface area (Å²) in [4.78, 5) is 0. The van der Waals surface area contributed by atoms with E-state index in [9.17, 15) is 0 Å². The van der Waals surface area contributed by atoms with Crippen molar-refractivity contribution in [3.05, 3.63) is 0 Å². The Morgan fingerprint density at radius 2 is 1.24 bits per heavy atom. The van der Waals surface area contributed by atoms with Crippen molar-refractivity contribution in [2.45, 2.75) is 104 Å². The van der Waals surface area contributed by atoms with E-state index in [1.807, 2.05) is 0 Å². The Bertz CT molecular complexity index is 272. The third kappa shape index (κ3) is 15.8. The van der Waals surface area contributed by atoms with Crippen molar-refractivity contribution in [2.24, 2.45) is 0 Å². The maximum atomic E-state index is 6.11. The van der Waals surface area contributed by atoms with Gasteiger partial charge >= 0.3 is 0 Å². The molecule has 0 aliphatic carbocycles. The lowest BCUT2D eigenvalue weighted by Gasteiger charge is -2.35. The predicted octanol–water partition coefficient (Wildman–Crippen LogP) is 7.98. The van der Waals surface area contributed by atoms with Crippen LogP contribution < -0.4 is 0 Å². The third-order valence-electron chi connectivity index (χ3n) is 4.20. The minimum atomic E-state index is -0.438. The molecule has 0 spiro atoms. The molecule has 25 heavy (non-hydrogen) atoms. The molecule has 0 aromatic heterocycles. The average Bonchev–Trinajstić information content (AvgIpc) is 2.54. The van der Waals surface area contributed by atoms with Crippen LogP contribution in [0.15, 0.2) is 0 Å². The van der Waals surface area contributed by atoms with Crippen LogP contribution in [-0.2, 0) is 4.52 Å². The lowest BCUT2D eigenvalue weighted by atomic mass is 10.2. The van der Waals surface area contributed by atoms with Gasteiger partial charge in [0.05, 0.1) is 6.61 Å². The zero-order chi connectivity index (χ0) is 18.9. The van der Waals surface area contributed by atoms with Gasteiger partial charge in [-0.3, -0.25) is 4.67 Å². The number of unbranched alkanes of at least 4 members (excludes halogenated alkanes) is 7. The Labute approximate surface area is 168 Å². The zero-order valence-corrected chi connectivity index (χ0v) is 20.3. The van der Waals surface area contributed by atoms with Gasteiger partial charge in [0.1, 0.15) is 8.30 Å². The van der Waals surface area contributed by atoms with E-state index >= 15 is 0 Å². The fraction of sp³-hybridized carbons (Fsp3) is 1.00. The van der Waals surface area contributed by atoms with E-state index in [0.717, 1.165) is 6.61 Å².